The number of rotatable bonds is 6. The first-order valence-corrected chi connectivity index (χ1v) is 12.3. The molecule has 0 saturated heterocycles. The Morgan fingerprint density at radius 1 is 0.971 bits per heavy atom. The van der Waals surface area contributed by atoms with E-state index in [0.717, 1.165) is 10.9 Å². The average Bonchev–Trinajstić information content (AvgIpc) is 2.85. The van der Waals surface area contributed by atoms with Crippen LogP contribution in [-0.4, -0.2) is 30.2 Å². The van der Waals surface area contributed by atoms with Gasteiger partial charge in [0.2, 0.25) is 0 Å². The van der Waals surface area contributed by atoms with E-state index >= 15 is 0 Å². The number of halogens is 1. The standard InChI is InChI=1S/C26H18FN3O4S/c1-35(33,34)22-12-8-18(9-13-22)23-15-29-30(16-24(31)19-4-2-17(14-28)3-5-19)26(32)25(23)20-6-10-21(27)11-7-20/h2-13,15H,16H2,1H3. The van der Waals surface area contributed by atoms with E-state index in [1.807, 2.05) is 6.07 Å². The maximum Gasteiger partial charge on any atom is 0.275 e. The number of sulfone groups is 1. The minimum absolute atomic E-state index is 0.124. The molecular formula is C26H18FN3O4S. The number of carbonyl (C=O) groups excluding carboxylic acids is 1. The van der Waals surface area contributed by atoms with Crippen molar-refractivity contribution < 1.29 is 17.6 Å². The lowest BCUT2D eigenvalue weighted by molar-refractivity contribution is 0.0965. The van der Waals surface area contributed by atoms with Gasteiger partial charge in [-0.1, -0.05) is 36.4 Å². The summed E-state index contributed by atoms with van der Waals surface area (Å²) in [6.07, 6.45) is 2.52. The molecule has 0 bridgehead atoms. The first kappa shape index (κ1) is 23.7. The summed E-state index contributed by atoms with van der Waals surface area (Å²) in [5.41, 5.74) is 1.71. The maximum atomic E-state index is 13.6. The minimum atomic E-state index is -3.41. The molecule has 0 N–H and O–H groups in total. The Labute approximate surface area is 200 Å². The van der Waals surface area contributed by atoms with Crippen LogP contribution in [0.4, 0.5) is 4.39 Å². The van der Waals surface area contributed by atoms with Gasteiger partial charge in [0.15, 0.2) is 15.6 Å². The van der Waals surface area contributed by atoms with Crippen LogP contribution >= 0.6 is 0 Å². The van der Waals surface area contributed by atoms with Crippen molar-refractivity contribution in [3.63, 3.8) is 0 Å². The van der Waals surface area contributed by atoms with Gasteiger partial charge in [-0.15, -0.1) is 0 Å². The zero-order valence-electron chi connectivity index (χ0n) is 18.5. The number of Topliss-reactive ketones (excluding diaryl/α,β-unsaturated/α-hetero) is 1. The minimum Gasteiger partial charge on any atom is -0.292 e. The van der Waals surface area contributed by atoms with E-state index in [2.05, 4.69) is 5.10 Å². The van der Waals surface area contributed by atoms with E-state index in [9.17, 15) is 22.4 Å². The lowest BCUT2D eigenvalue weighted by Gasteiger charge is -2.13. The van der Waals surface area contributed by atoms with Gasteiger partial charge in [-0.05, 0) is 47.5 Å². The normalized spacial score (nSPS) is 11.1. The number of nitriles is 1. The molecule has 0 unspecified atom stereocenters. The van der Waals surface area contributed by atoms with Crippen molar-refractivity contribution in [1.29, 1.82) is 5.26 Å². The van der Waals surface area contributed by atoms with Crippen molar-refractivity contribution in [2.75, 3.05) is 6.26 Å². The zero-order chi connectivity index (χ0) is 25.2. The smallest absolute Gasteiger partial charge is 0.275 e. The van der Waals surface area contributed by atoms with Gasteiger partial charge < -0.3 is 0 Å². The van der Waals surface area contributed by atoms with E-state index in [0.29, 0.717) is 27.8 Å². The van der Waals surface area contributed by atoms with Gasteiger partial charge >= 0.3 is 0 Å². The van der Waals surface area contributed by atoms with Gasteiger partial charge in [-0.2, -0.15) is 10.4 Å². The molecule has 0 aliphatic carbocycles. The third kappa shape index (κ3) is 5.08. The van der Waals surface area contributed by atoms with Crippen molar-refractivity contribution in [3.05, 3.63) is 106 Å². The molecule has 0 amide bonds. The molecule has 4 aromatic rings. The Morgan fingerprint density at radius 2 is 1.57 bits per heavy atom. The van der Waals surface area contributed by atoms with Crippen LogP contribution < -0.4 is 5.56 Å². The quantitative estimate of drug-likeness (QED) is 0.382. The monoisotopic (exact) mass is 487 g/mol. The summed E-state index contributed by atoms with van der Waals surface area (Å²) >= 11 is 0. The van der Waals surface area contributed by atoms with Crippen molar-refractivity contribution in [2.45, 2.75) is 11.4 Å². The highest BCUT2D eigenvalue weighted by molar-refractivity contribution is 7.90. The third-order valence-electron chi connectivity index (χ3n) is 5.40. The molecule has 3 aromatic carbocycles. The lowest BCUT2D eigenvalue weighted by atomic mass is 9.97. The van der Waals surface area contributed by atoms with Crippen LogP contribution in [0.1, 0.15) is 15.9 Å². The topological polar surface area (TPSA) is 110 Å². The SMILES string of the molecule is CS(=O)(=O)c1ccc(-c2cnn(CC(=O)c3ccc(C#N)cc3)c(=O)c2-c2ccc(F)cc2)cc1. The molecule has 0 saturated carbocycles. The molecule has 4 rings (SSSR count). The van der Waals surface area contributed by atoms with Gasteiger partial charge in [0, 0.05) is 17.4 Å². The predicted octanol–water partition coefficient (Wildman–Crippen LogP) is 3.87. The van der Waals surface area contributed by atoms with Crippen molar-refractivity contribution in [3.8, 4) is 28.3 Å². The average molecular weight is 488 g/mol. The molecule has 35 heavy (non-hydrogen) atoms. The van der Waals surface area contributed by atoms with Crippen molar-refractivity contribution >= 4 is 15.6 Å². The predicted molar refractivity (Wildman–Crippen MR) is 128 cm³/mol. The summed E-state index contributed by atoms with van der Waals surface area (Å²) in [6.45, 7) is -0.341. The maximum absolute atomic E-state index is 13.6. The number of carbonyl (C=O) groups is 1. The van der Waals surface area contributed by atoms with Crippen LogP contribution in [-0.2, 0) is 16.4 Å². The van der Waals surface area contributed by atoms with Gasteiger partial charge in [-0.3, -0.25) is 9.59 Å². The van der Waals surface area contributed by atoms with E-state index in [1.165, 1.54) is 66.9 Å². The fourth-order valence-corrected chi connectivity index (χ4v) is 4.19. The molecule has 9 heteroatoms. The molecule has 0 atom stereocenters. The number of hydrogen-bond donors (Lipinski definition) is 0. The van der Waals surface area contributed by atoms with Gasteiger partial charge in [0.05, 0.1) is 28.3 Å². The van der Waals surface area contributed by atoms with Crippen LogP contribution in [0, 0.1) is 17.1 Å². The molecule has 1 aromatic heterocycles. The first-order valence-electron chi connectivity index (χ1n) is 10.4. The van der Waals surface area contributed by atoms with Crippen molar-refractivity contribution in [2.24, 2.45) is 0 Å². The van der Waals surface area contributed by atoms with E-state index < -0.39 is 21.2 Å². The summed E-state index contributed by atoms with van der Waals surface area (Å²) < 4.78 is 38.2. The summed E-state index contributed by atoms with van der Waals surface area (Å²) in [7, 11) is -3.41. The first-order chi connectivity index (χ1) is 16.7. The molecule has 0 aliphatic rings. The van der Waals surface area contributed by atoms with E-state index in [-0.39, 0.29) is 22.8 Å². The number of benzene rings is 3. The number of aromatic nitrogens is 2. The van der Waals surface area contributed by atoms with Crippen LogP contribution in [0.25, 0.3) is 22.3 Å². The van der Waals surface area contributed by atoms with Crippen molar-refractivity contribution in [1.82, 2.24) is 9.78 Å². The Bertz CT molecular complexity index is 1620. The fraction of sp³-hybridized carbons (Fsp3) is 0.0769. The van der Waals surface area contributed by atoms with E-state index in [4.69, 9.17) is 5.26 Å². The van der Waals surface area contributed by atoms with Gasteiger partial charge in [0.1, 0.15) is 12.4 Å². The second kappa shape index (κ2) is 9.44. The number of nitrogens with zero attached hydrogens (tertiary/aromatic N) is 3. The van der Waals surface area contributed by atoms with E-state index in [1.54, 1.807) is 12.1 Å². The Hall–Kier alpha value is -4.42. The fourth-order valence-electron chi connectivity index (χ4n) is 3.56. The molecular weight excluding hydrogens is 469 g/mol. The molecule has 0 fully saturated rings. The number of ketones is 1. The molecule has 7 nitrogen and oxygen atoms in total. The summed E-state index contributed by atoms with van der Waals surface area (Å²) in [4.78, 5) is 26.3. The number of hydrogen-bond acceptors (Lipinski definition) is 6. The third-order valence-corrected chi connectivity index (χ3v) is 6.53. The highest BCUT2D eigenvalue weighted by atomic mass is 32.2. The molecule has 174 valence electrons. The van der Waals surface area contributed by atoms with Gasteiger partial charge in [0.25, 0.3) is 5.56 Å². The van der Waals surface area contributed by atoms with Gasteiger partial charge in [-0.25, -0.2) is 17.5 Å². The molecule has 0 aliphatic heterocycles. The molecule has 0 spiro atoms. The summed E-state index contributed by atoms with van der Waals surface area (Å²) in [6, 6.07) is 19.3. The molecule has 1 heterocycles. The Morgan fingerprint density at radius 3 is 2.14 bits per heavy atom. The summed E-state index contributed by atoms with van der Waals surface area (Å²) in [5, 5.41) is 13.1. The summed E-state index contributed by atoms with van der Waals surface area (Å²) in [5.74, 6) is -0.849. The Balaban J connectivity index is 1.80. The van der Waals surface area contributed by atoms with Crippen LogP contribution in [0.5, 0.6) is 0 Å². The largest absolute Gasteiger partial charge is 0.292 e. The van der Waals surface area contributed by atoms with Crippen LogP contribution in [0.15, 0.2) is 88.7 Å². The van der Waals surface area contributed by atoms with Crippen LogP contribution in [0.2, 0.25) is 0 Å². The second-order valence-corrected chi connectivity index (χ2v) is 9.83. The zero-order valence-corrected chi connectivity index (χ0v) is 19.3. The molecule has 0 radical (unpaired) electrons. The van der Waals surface area contributed by atoms with Crippen LogP contribution in [0.3, 0.4) is 0 Å². The Kier molecular flexibility index (Phi) is 6.40. The lowest BCUT2D eigenvalue weighted by Crippen LogP contribution is -2.28. The second-order valence-electron chi connectivity index (χ2n) is 7.81. The highest BCUT2D eigenvalue weighted by Crippen LogP contribution is 2.29. The highest BCUT2D eigenvalue weighted by Gasteiger charge is 2.18.